The van der Waals surface area contributed by atoms with Crippen LogP contribution in [0.5, 0.6) is 5.75 Å². The maximum atomic E-state index is 11.0. The minimum Gasteiger partial charge on any atom is -0.496 e. The lowest BCUT2D eigenvalue weighted by Gasteiger charge is -2.07. The number of hydrogen-bond donors (Lipinski definition) is 0. The number of carbonyl (C=O) groups is 1. The Morgan fingerprint density at radius 1 is 1.12 bits per heavy atom. The molecule has 0 aliphatic heterocycles. The van der Waals surface area contributed by atoms with Gasteiger partial charge in [0, 0.05) is 5.39 Å². The lowest BCUT2D eigenvalue weighted by atomic mass is 10.0. The summed E-state index contributed by atoms with van der Waals surface area (Å²) in [4.78, 5) is 11.0. The van der Waals surface area contributed by atoms with E-state index in [1.54, 1.807) is 20.1 Å². The number of methoxy groups -OCH3 is 1. The smallest absolute Gasteiger partial charge is 0.152 e. The Labute approximate surface area is 101 Å². The van der Waals surface area contributed by atoms with Gasteiger partial charge < -0.3 is 4.74 Å². The number of rotatable bonds is 3. The third-order valence-corrected chi connectivity index (χ3v) is 2.64. The van der Waals surface area contributed by atoms with E-state index in [0.717, 1.165) is 22.1 Å². The minimum absolute atomic E-state index is 0.0462. The van der Waals surface area contributed by atoms with Crippen LogP contribution in [0.15, 0.2) is 42.5 Å². The second-order valence-corrected chi connectivity index (χ2v) is 3.85. The molecule has 0 saturated heterocycles. The zero-order chi connectivity index (χ0) is 12.3. The fourth-order valence-electron chi connectivity index (χ4n) is 1.83. The van der Waals surface area contributed by atoms with Gasteiger partial charge in [0.2, 0.25) is 0 Å². The number of benzene rings is 2. The molecule has 0 fully saturated rings. The Kier molecular flexibility index (Phi) is 3.24. The highest BCUT2D eigenvalue weighted by atomic mass is 16.5. The van der Waals surface area contributed by atoms with E-state index in [1.165, 1.54) is 0 Å². The summed E-state index contributed by atoms with van der Waals surface area (Å²) in [5.74, 6) is 0.894. The highest BCUT2D eigenvalue weighted by Crippen LogP contribution is 2.28. The molecule has 0 atom stereocenters. The van der Waals surface area contributed by atoms with Gasteiger partial charge in [0.1, 0.15) is 5.75 Å². The molecule has 0 spiro atoms. The summed E-state index contributed by atoms with van der Waals surface area (Å²) in [5, 5.41) is 2.14. The van der Waals surface area contributed by atoms with Crippen molar-refractivity contribution in [3.63, 3.8) is 0 Å². The molecular formula is C15H14O2. The molecule has 2 nitrogen and oxygen atoms in total. The normalized spacial score (nSPS) is 10.9. The quantitative estimate of drug-likeness (QED) is 0.749. The fourth-order valence-corrected chi connectivity index (χ4v) is 1.83. The SMILES string of the molecule is COc1ccc(/C=C/C(C)=O)c2ccccc12. The summed E-state index contributed by atoms with van der Waals surface area (Å²) in [6, 6.07) is 11.9. The van der Waals surface area contributed by atoms with E-state index < -0.39 is 0 Å². The zero-order valence-electron chi connectivity index (χ0n) is 9.94. The molecule has 0 saturated carbocycles. The zero-order valence-corrected chi connectivity index (χ0v) is 9.94. The maximum Gasteiger partial charge on any atom is 0.152 e. The van der Waals surface area contributed by atoms with Gasteiger partial charge >= 0.3 is 0 Å². The van der Waals surface area contributed by atoms with Crippen molar-refractivity contribution in [2.45, 2.75) is 6.92 Å². The van der Waals surface area contributed by atoms with Crippen LogP contribution in [0.1, 0.15) is 12.5 Å². The largest absolute Gasteiger partial charge is 0.496 e. The second kappa shape index (κ2) is 4.83. The highest BCUT2D eigenvalue weighted by Gasteiger charge is 2.03. The van der Waals surface area contributed by atoms with Crippen molar-refractivity contribution in [2.24, 2.45) is 0 Å². The first-order valence-electron chi connectivity index (χ1n) is 5.47. The third kappa shape index (κ3) is 2.36. The average Bonchev–Trinajstić information content (AvgIpc) is 2.35. The minimum atomic E-state index is 0.0462. The molecule has 17 heavy (non-hydrogen) atoms. The Morgan fingerprint density at radius 3 is 2.47 bits per heavy atom. The van der Waals surface area contributed by atoms with Gasteiger partial charge in [-0.1, -0.05) is 36.4 Å². The van der Waals surface area contributed by atoms with Crippen molar-refractivity contribution in [2.75, 3.05) is 7.11 Å². The third-order valence-electron chi connectivity index (χ3n) is 2.64. The van der Waals surface area contributed by atoms with Crippen molar-refractivity contribution in [3.05, 3.63) is 48.0 Å². The summed E-state index contributed by atoms with van der Waals surface area (Å²) in [6.07, 6.45) is 3.42. The van der Waals surface area contributed by atoms with Gasteiger partial charge in [-0.15, -0.1) is 0 Å². The van der Waals surface area contributed by atoms with Crippen molar-refractivity contribution < 1.29 is 9.53 Å². The van der Waals surface area contributed by atoms with Crippen LogP contribution in [-0.2, 0) is 4.79 Å². The number of ether oxygens (including phenoxy) is 1. The molecule has 0 amide bonds. The van der Waals surface area contributed by atoms with E-state index in [-0.39, 0.29) is 5.78 Å². The Bertz CT molecular complexity index is 582. The van der Waals surface area contributed by atoms with Crippen LogP contribution in [0.25, 0.3) is 16.8 Å². The number of fused-ring (bicyclic) bond motifs is 1. The van der Waals surface area contributed by atoms with Crippen molar-refractivity contribution >= 4 is 22.6 Å². The standard InChI is InChI=1S/C15H14O2/c1-11(16)7-8-12-9-10-15(17-2)14-6-4-3-5-13(12)14/h3-10H,1-2H3/b8-7+. The predicted octanol–water partition coefficient (Wildman–Crippen LogP) is 3.45. The highest BCUT2D eigenvalue weighted by molar-refractivity contribution is 5.98. The molecule has 0 aliphatic rings. The van der Waals surface area contributed by atoms with Crippen molar-refractivity contribution in [1.82, 2.24) is 0 Å². The molecule has 86 valence electrons. The number of carbonyl (C=O) groups excluding carboxylic acids is 1. The average molecular weight is 226 g/mol. The van der Waals surface area contributed by atoms with E-state index in [4.69, 9.17) is 4.74 Å². The molecule has 0 bridgehead atoms. The van der Waals surface area contributed by atoms with Crippen molar-refractivity contribution in [1.29, 1.82) is 0 Å². The van der Waals surface area contributed by atoms with Crippen molar-refractivity contribution in [3.8, 4) is 5.75 Å². The molecule has 2 rings (SSSR count). The van der Waals surface area contributed by atoms with E-state index >= 15 is 0 Å². The Morgan fingerprint density at radius 2 is 1.82 bits per heavy atom. The van der Waals surface area contributed by atoms with Gasteiger partial charge in [-0.3, -0.25) is 4.79 Å². The Balaban J connectivity index is 2.62. The Hall–Kier alpha value is -2.09. The van der Waals surface area contributed by atoms with Crippen LogP contribution in [0.3, 0.4) is 0 Å². The van der Waals surface area contributed by atoms with Crippen LogP contribution >= 0.6 is 0 Å². The van der Waals surface area contributed by atoms with Crippen LogP contribution in [0.2, 0.25) is 0 Å². The number of allylic oxidation sites excluding steroid dienone is 1. The number of hydrogen-bond acceptors (Lipinski definition) is 2. The van der Waals surface area contributed by atoms with Gasteiger partial charge in [-0.25, -0.2) is 0 Å². The monoisotopic (exact) mass is 226 g/mol. The fraction of sp³-hybridized carbons (Fsp3) is 0.133. The van der Waals surface area contributed by atoms with E-state index in [0.29, 0.717) is 0 Å². The summed E-state index contributed by atoms with van der Waals surface area (Å²) < 4.78 is 5.32. The summed E-state index contributed by atoms with van der Waals surface area (Å²) >= 11 is 0. The van der Waals surface area contributed by atoms with Gasteiger partial charge in [0.15, 0.2) is 5.78 Å². The summed E-state index contributed by atoms with van der Waals surface area (Å²) in [5.41, 5.74) is 1.02. The molecule has 0 unspecified atom stereocenters. The van der Waals surface area contributed by atoms with Crippen LogP contribution in [0, 0.1) is 0 Å². The van der Waals surface area contributed by atoms with Gasteiger partial charge in [0.25, 0.3) is 0 Å². The predicted molar refractivity (Wildman–Crippen MR) is 70.2 cm³/mol. The van der Waals surface area contributed by atoms with Gasteiger partial charge in [-0.2, -0.15) is 0 Å². The van der Waals surface area contributed by atoms with Gasteiger partial charge in [-0.05, 0) is 30.0 Å². The van der Waals surface area contributed by atoms with E-state index in [1.807, 2.05) is 42.5 Å². The topological polar surface area (TPSA) is 26.3 Å². The molecule has 2 aromatic carbocycles. The first-order valence-corrected chi connectivity index (χ1v) is 5.47. The summed E-state index contributed by atoms with van der Waals surface area (Å²) in [7, 11) is 1.66. The molecular weight excluding hydrogens is 212 g/mol. The molecule has 2 heteroatoms. The van der Waals surface area contributed by atoms with Crippen LogP contribution in [0.4, 0.5) is 0 Å². The maximum absolute atomic E-state index is 11.0. The van der Waals surface area contributed by atoms with Crippen LogP contribution in [-0.4, -0.2) is 12.9 Å². The lowest BCUT2D eigenvalue weighted by molar-refractivity contribution is -0.112. The molecule has 0 radical (unpaired) electrons. The molecule has 2 aromatic rings. The molecule has 0 heterocycles. The number of ketones is 1. The van der Waals surface area contributed by atoms with Gasteiger partial charge in [0.05, 0.1) is 7.11 Å². The molecule has 0 aliphatic carbocycles. The van der Waals surface area contributed by atoms with Crippen LogP contribution < -0.4 is 4.74 Å². The lowest BCUT2D eigenvalue weighted by Crippen LogP contribution is -1.87. The summed E-state index contributed by atoms with van der Waals surface area (Å²) in [6.45, 7) is 1.54. The molecule has 0 N–H and O–H groups in total. The van der Waals surface area contributed by atoms with E-state index in [2.05, 4.69) is 0 Å². The first kappa shape index (κ1) is 11.4. The first-order chi connectivity index (χ1) is 8.22. The second-order valence-electron chi connectivity index (χ2n) is 3.85. The van der Waals surface area contributed by atoms with E-state index in [9.17, 15) is 4.79 Å². The molecule has 0 aromatic heterocycles.